The molecule has 2 N–H and O–H groups in total. The molecule has 1 aliphatic heterocycles. The first kappa shape index (κ1) is 17.2. The Kier molecular flexibility index (Phi) is 5.40. The van der Waals surface area contributed by atoms with Gasteiger partial charge in [-0.1, -0.05) is 54.9 Å². The molecule has 3 heteroatoms. The van der Waals surface area contributed by atoms with Crippen LogP contribution in [-0.4, -0.2) is 11.7 Å². The Hall–Kier alpha value is -1.61. The number of hydrogen-bond donors (Lipinski definition) is 2. The third-order valence-electron chi connectivity index (χ3n) is 4.89. The molecular weight excluding hydrogens is 318 g/mol. The van der Waals surface area contributed by atoms with Crippen LogP contribution in [0.15, 0.2) is 48.5 Å². The number of aliphatic hydroxyl groups excluding tert-OH is 1. The molecule has 0 bridgehead atoms. The third-order valence-corrected chi connectivity index (χ3v) is 5.14. The Labute approximate surface area is 149 Å². The number of halogens is 1. The second-order valence-electron chi connectivity index (χ2n) is 6.39. The largest absolute Gasteiger partial charge is 0.388 e. The van der Waals surface area contributed by atoms with Crippen LogP contribution in [0.25, 0.3) is 5.57 Å². The monoisotopic (exact) mass is 341 g/mol. The predicted molar refractivity (Wildman–Crippen MR) is 101 cm³/mol. The van der Waals surface area contributed by atoms with Crippen LogP contribution in [0.3, 0.4) is 0 Å². The molecule has 2 aromatic rings. The van der Waals surface area contributed by atoms with Crippen LogP contribution in [0.2, 0.25) is 5.02 Å². The van der Waals surface area contributed by atoms with E-state index in [2.05, 4.69) is 42.6 Å². The van der Waals surface area contributed by atoms with Gasteiger partial charge in [0.2, 0.25) is 0 Å². The average Bonchev–Trinajstić information content (AvgIpc) is 2.62. The summed E-state index contributed by atoms with van der Waals surface area (Å²) in [5.41, 5.74) is 6.09. The fourth-order valence-electron chi connectivity index (χ4n) is 3.45. The van der Waals surface area contributed by atoms with Gasteiger partial charge in [-0.15, -0.1) is 0 Å². The molecule has 1 aliphatic rings. The van der Waals surface area contributed by atoms with Gasteiger partial charge in [0.1, 0.15) is 0 Å². The normalized spacial score (nSPS) is 19.0. The summed E-state index contributed by atoms with van der Waals surface area (Å²) in [5.74, 6) is 0. The molecule has 0 spiro atoms. The van der Waals surface area contributed by atoms with E-state index in [1.165, 1.54) is 22.3 Å². The lowest BCUT2D eigenvalue weighted by molar-refractivity contribution is 0.173. The summed E-state index contributed by atoms with van der Waals surface area (Å²) in [5, 5.41) is 14.6. The fraction of sp³-hybridized carbons (Fsp3) is 0.333. The SMILES string of the molecule is CCC(O)c1cccc(C2CC(c3ccc(Cl)cc3)=CCN2)c1C. The minimum Gasteiger partial charge on any atom is -0.388 e. The van der Waals surface area contributed by atoms with Gasteiger partial charge in [-0.05, 0) is 59.7 Å². The second-order valence-corrected chi connectivity index (χ2v) is 6.82. The first-order valence-corrected chi connectivity index (χ1v) is 8.93. The van der Waals surface area contributed by atoms with Gasteiger partial charge in [0.05, 0.1) is 6.10 Å². The number of hydrogen-bond acceptors (Lipinski definition) is 2. The molecule has 0 amide bonds. The number of benzene rings is 2. The van der Waals surface area contributed by atoms with E-state index in [9.17, 15) is 5.11 Å². The summed E-state index contributed by atoms with van der Waals surface area (Å²) in [7, 11) is 0. The standard InChI is InChI=1S/C21H24ClNO/c1-3-21(24)19-6-4-5-18(14(19)2)20-13-16(11-12-23-20)15-7-9-17(22)10-8-15/h4-11,20-21,23-24H,3,12-13H2,1-2H3. The van der Waals surface area contributed by atoms with Crippen LogP contribution in [0.1, 0.15) is 54.2 Å². The Morgan fingerprint density at radius 1 is 1.21 bits per heavy atom. The zero-order valence-electron chi connectivity index (χ0n) is 14.2. The quantitative estimate of drug-likeness (QED) is 0.800. The zero-order valence-corrected chi connectivity index (χ0v) is 15.0. The zero-order chi connectivity index (χ0) is 17.1. The van der Waals surface area contributed by atoms with Crippen molar-refractivity contribution >= 4 is 17.2 Å². The van der Waals surface area contributed by atoms with Crippen LogP contribution in [0, 0.1) is 6.92 Å². The Morgan fingerprint density at radius 2 is 1.96 bits per heavy atom. The summed E-state index contributed by atoms with van der Waals surface area (Å²) in [4.78, 5) is 0. The summed E-state index contributed by atoms with van der Waals surface area (Å²) >= 11 is 6.00. The molecule has 0 radical (unpaired) electrons. The fourth-order valence-corrected chi connectivity index (χ4v) is 3.58. The maximum atomic E-state index is 10.2. The topological polar surface area (TPSA) is 32.3 Å². The van der Waals surface area contributed by atoms with E-state index >= 15 is 0 Å². The van der Waals surface area contributed by atoms with Crippen molar-refractivity contribution < 1.29 is 5.11 Å². The van der Waals surface area contributed by atoms with E-state index in [4.69, 9.17) is 11.6 Å². The Balaban J connectivity index is 1.86. The van der Waals surface area contributed by atoms with Gasteiger partial charge in [0.15, 0.2) is 0 Å². The van der Waals surface area contributed by atoms with Crippen molar-refractivity contribution in [3.05, 3.63) is 75.8 Å². The highest BCUT2D eigenvalue weighted by atomic mass is 35.5. The van der Waals surface area contributed by atoms with Crippen molar-refractivity contribution in [3.8, 4) is 0 Å². The molecule has 24 heavy (non-hydrogen) atoms. The smallest absolute Gasteiger partial charge is 0.0790 e. The minimum atomic E-state index is -0.389. The highest BCUT2D eigenvalue weighted by molar-refractivity contribution is 6.30. The van der Waals surface area contributed by atoms with Crippen molar-refractivity contribution in [3.63, 3.8) is 0 Å². The van der Waals surface area contributed by atoms with E-state index in [0.29, 0.717) is 0 Å². The minimum absolute atomic E-state index is 0.268. The molecule has 2 unspecified atom stereocenters. The molecule has 3 rings (SSSR count). The van der Waals surface area contributed by atoms with Crippen molar-refractivity contribution in [2.45, 2.75) is 38.8 Å². The van der Waals surface area contributed by atoms with Gasteiger partial charge < -0.3 is 10.4 Å². The van der Waals surface area contributed by atoms with E-state index in [0.717, 1.165) is 30.0 Å². The lowest BCUT2D eigenvalue weighted by atomic mass is 9.87. The summed E-state index contributed by atoms with van der Waals surface area (Å²) in [6.45, 7) is 4.98. The lowest BCUT2D eigenvalue weighted by Crippen LogP contribution is -2.26. The molecule has 0 fully saturated rings. The van der Waals surface area contributed by atoms with Crippen molar-refractivity contribution in [2.75, 3.05) is 6.54 Å². The summed E-state index contributed by atoms with van der Waals surface area (Å²) in [6, 6.07) is 14.6. The maximum absolute atomic E-state index is 10.2. The van der Waals surface area contributed by atoms with E-state index in [-0.39, 0.29) is 12.1 Å². The molecule has 2 nitrogen and oxygen atoms in total. The van der Waals surface area contributed by atoms with Gasteiger partial charge in [0, 0.05) is 17.6 Å². The number of aliphatic hydroxyl groups is 1. The molecule has 126 valence electrons. The van der Waals surface area contributed by atoms with E-state index in [1.54, 1.807) is 0 Å². The average molecular weight is 342 g/mol. The lowest BCUT2D eigenvalue weighted by Gasteiger charge is -2.27. The van der Waals surface area contributed by atoms with Gasteiger partial charge in [-0.25, -0.2) is 0 Å². The molecule has 0 aliphatic carbocycles. The van der Waals surface area contributed by atoms with Gasteiger partial charge in [-0.2, -0.15) is 0 Å². The highest BCUT2D eigenvalue weighted by Crippen LogP contribution is 2.34. The van der Waals surface area contributed by atoms with Crippen molar-refractivity contribution in [2.24, 2.45) is 0 Å². The van der Waals surface area contributed by atoms with Crippen LogP contribution < -0.4 is 5.32 Å². The van der Waals surface area contributed by atoms with Crippen LogP contribution >= 0.6 is 11.6 Å². The molecule has 0 saturated heterocycles. The number of nitrogens with one attached hydrogen (secondary N) is 1. The predicted octanol–water partition coefficient (Wildman–Crippen LogP) is 5.21. The molecule has 1 heterocycles. The van der Waals surface area contributed by atoms with E-state index < -0.39 is 0 Å². The van der Waals surface area contributed by atoms with E-state index in [1.807, 2.05) is 25.1 Å². The Morgan fingerprint density at radius 3 is 2.67 bits per heavy atom. The second kappa shape index (κ2) is 7.52. The maximum Gasteiger partial charge on any atom is 0.0790 e. The van der Waals surface area contributed by atoms with Gasteiger partial charge in [-0.3, -0.25) is 0 Å². The Bertz CT molecular complexity index is 736. The van der Waals surface area contributed by atoms with Crippen molar-refractivity contribution in [1.29, 1.82) is 0 Å². The first-order valence-electron chi connectivity index (χ1n) is 8.56. The number of rotatable bonds is 4. The molecule has 0 aromatic heterocycles. The highest BCUT2D eigenvalue weighted by Gasteiger charge is 2.21. The first-order chi connectivity index (χ1) is 11.6. The van der Waals surface area contributed by atoms with Crippen molar-refractivity contribution in [1.82, 2.24) is 5.32 Å². The molecule has 2 aromatic carbocycles. The summed E-state index contributed by atoms with van der Waals surface area (Å²) < 4.78 is 0. The molecule has 2 atom stereocenters. The van der Waals surface area contributed by atoms with Crippen LogP contribution in [0.4, 0.5) is 0 Å². The van der Waals surface area contributed by atoms with Crippen LogP contribution in [0.5, 0.6) is 0 Å². The summed E-state index contributed by atoms with van der Waals surface area (Å²) in [6.07, 6.45) is 3.53. The molecule has 0 saturated carbocycles. The van der Waals surface area contributed by atoms with Gasteiger partial charge in [0.25, 0.3) is 0 Å². The van der Waals surface area contributed by atoms with Gasteiger partial charge >= 0.3 is 0 Å². The third kappa shape index (κ3) is 3.56. The van der Waals surface area contributed by atoms with Crippen LogP contribution in [-0.2, 0) is 0 Å². The molecular formula is C21H24ClNO.